The zero-order valence-corrected chi connectivity index (χ0v) is 7.37. The summed E-state index contributed by atoms with van der Waals surface area (Å²) >= 11 is 11.6. The van der Waals surface area contributed by atoms with Gasteiger partial charge in [-0.25, -0.2) is 4.57 Å². The predicted molar refractivity (Wildman–Crippen MR) is 42.4 cm³/mol. The van der Waals surface area contributed by atoms with E-state index in [2.05, 4.69) is 0 Å². The molecule has 0 aliphatic carbocycles. The van der Waals surface area contributed by atoms with Crippen molar-refractivity contribution >= 4 is 23.2 Å². The molecular weight excluding hydrogens is 169 g/mol. The van der Waals surface area contributed by atoms with E-state index in [9.17, 15) is 0 Å². The van der Waals surface area contributed by atoms with Crippen LogP contribution in [-0.4, -0.2) is 0 Å². The van der Waals surface area contributed by atoms with Crippen molar-refractivity contribution in [1.29, 1.82) is 0 Å². The lowest BCUT2D eigenvalue weighted by Gasteiger charge is -1.96. The number of rotatable bonds is 0. The Hall–Kier alpha value is -0.270. The summed E-state index contributed by atoms with van der Waals surface area (Å²) in [6.45, 7) is 1.89. The monoisotopic (exact) mass is 176 g/mol. The van der Waals surface area contributed by atoms with E-state index >= 15 is 0 Å². The molecule has 0 aliphatic rings. The first kappa shape index (κ1) is 7.83. The Balaban J connectivity index is 3.31. The van der Waals surface area contributed by atoms with Gasteiger partial charge in [0.25, 0.3) is 0 Å². The van der Waals surface area contributed by atoms with E-state index in [1.54, 1.807) is 0 Å². The first-order valence-corrected chi connectivity index (χ1v) is 3.67. The lowest BCUT2D eigenvalue weighted by atomic mass is 10.3. The molecule has 54 valence electrons. The summed E-state index contributed by atoms with van der Waals surface area (Å²) in [5.41, 5.74) is 0.932. The van der Waals surface area contributed by atoms with Crippen molar-refractivity contribution in [3.8, 4) is 0 Å². The first-order chi connectivity index (χ1) is 4.61. The molecule has 0 fully saturated rings. The van der Waals surface area contributed by atoms with Crippen LogP contribution in [0.15, 0.2) is 12.4 Å². The van der Waals surface area contributed by atoms with Crippen LogP contribution in [0.1, 0.15) is 5.56 Å². The molecule has 1 aromatic heterocycles. The number of aromatic nitrogens is 1. The Morgan fingerprint density at radius 3 is 2.00 bits per heavy atom. The Morgan fingerprint density at radius 2 is 1.60 bits per heavy atom. The maximum absolute atomic E-state index is 5.81. The van der Waals surface area contributed by atoms with Gasteiger partial charge >= 0.3 is 0 Å². The maximum Gasteiger partial charge on any atom is 0.187 e. The van der Waals surface area contributed by atoms with Gasteiger partial charge in [0, 0.05) is 0 Å². The quantitative estimate of drug-likeness (QED) is 0.534. The molecule has 0 saturated carbocycles. The number of hydrogen-bond donors (Lipinski definition) is 0. The second kappa shape index (κ2) is 2.77. The van der Waals surface area contributed by atoms with Gasteiger partial charge in [0.15, 0.2) is 12.4 Å². The molecule has 0 N–H and O–H groups in total. The van der Waals surface area contributed by atoms with E-state index in [4.69, 9.17) is 23.2 Å². The van der Waals surface area contributed by atoms with Gasteiger partial charge in [-0.3, -0.25) is 0 Å². The topological polar surface area (TPSA) is 3.88 Å². The van der Waals surface area contributed by atoms with Crippen LogP contribution in [0.5, 0.6) is 0 Å². The zero-order valence-electron chi connectivity index (χ0n) is 5.86. The Kier molecular flexibility index (Phi) is 2.17. The summed E-state index contributed by atoms with van der Waals surface area (Å²) in [4.78, 5) is 0. The highest BCUT2D eigenvalue weighted by molar-refractivity contribution is 6.35. The molecule has 0 aliphatic heterocycles. The summed E-state index contributed by atoms with van der Waals surface area (Å²) in [5.74, 6) is 0. The van der Waals surface area contributed by atoms with Gasteiger partial charge in [-0.1, -0.05) is 23.2 Å². The minimum Gasteiger partial charge on any atom is -0.205 e. The van der Waals surface area contributed by atoms with Crippen LogP contribution < -0.4 is 4.57 Å². The summed E-state index contributed by atoms with van der Waals surface area (Å²) in [6, 6.07) is 0. The van der Waals surface area contributed by atoms with Gasteiger partial charge in [-0.15, -0.1) is 0 Å². The molecule has 0 atom stereocenters. The number of hydrogen-bond acceptors (Lipinski definition) is 0. The van der Waals surface area contributed by atoms with Crippen molar-refractivity contribution in [3.63, 3.8) is 0 Å². The Bertz CT molecular complexity index is 235. The summed E-state index contributed by atoms with van der Waals surface area (Å²) < 4.78 is 1.83. The van der Waals surface area contributed by atoms with Gasteiger partial charge in [-0.05, 0) is 12.5 Å². The highest BCUT2D eigenvalue weighted by Gasteiger charge is 2.05. The number of aryl methyl sites for hydroxylation is 1. The van der Waals surface area contributed by atoms with E-state index in [0.29, 0.717) is 10.0 Å². The molecular formula is C7H8Cl2N+. The predicted octanol–water partition coefficient (Wildman–Crippen LogP) is 2.13. The maximum atomic E-state index is 5.81. The van der Waals surface area contributed by atoms with E-state index in [1.807, 2.05) is 30.9 Å². The molecule has 1 rings (SSSR count). The van der Waals surface area contributed by atoms with Crippen molar-refractivity contribution in [2.24, 2.45) is 7.05 Å². The Labute approximate surface area is 70.2 Å². The van der Waals surface area contributed by atoms with E-state index < -0.39 is 0 Å². The average molecular weight is 177 g/mol. The normalized spacial score (nSPS) is 10.0. The zero-order chi connectivity index (χ0) is 7.72. The highest BCUT2D eigenvalue weighted by Crippen LogP contribution is 2.19. The standard InChI is InChI=1S/C7H8Cl2N/c1-5-6(8)3-10(2)4-7(5)9/h3-4H,1-2H3/q+1. The molecule has 0 unspecified atom stereocenters. The molecule has 0 saturated heterocycles. The fraction of sp³-hybridized carbons (Fsp3) is 0.286. The molecule has 3 heteroatoms. The van der Waals surface area contributed by atoms with Gasteiger partial charge in [-0.2, -0.15) is 0 Å². The molecule has 0 spiro atoms. The number of nitrogens with zero attached hydrogens (tertiary/aromatic N) is 1. The van der Waals surface area contributed by atoms with Gasteiger partial charge in [0.1, 0.15) is 17.1 Å². The van der Waals surface area contributed by atoms with Crippen LogP contribution in [0.25, 0.3) is 0 Å². The minimum absolute atomic E-state index is 0.704. The van der Waals surface area contributed by atoms with Crippen molar-refractivity contribution in [3.05, 3.63) is 28.0 Å². The van der Waals surface area contributed by atoms with Gasteiger partial charge in [0.05, 0.1) is 0 Å². The van der Waals surface area contributed by atoms with Crippen LogP contribution >= 0.6 is 23.2 Å². The number of halogens is 2. The van der Waals surface area contributed by atoms with Crippen LogP contribution in [0.4, 0.5) is 0 Å². The second-order valence-electron chi connectivity index (χ2n) is 2.24. The second-order valence-corrected chi connectivity index (χ2v) is 3.06. The Morgan fingerprint density at radius 1 is 1.20 bits per heavy atom. The van der Waals surface area contributed by atoms with E-state index in [0.717, 1.165) is 5.56 Å². The molecule has 0 bridgehead atoms. The number of pyridine rings is 1. The van der Waals surface area contributed by atoms with Crippen molar-refractivity contribution in [2.75, 3.05) is 0 Å². The fourth-order valence-corrected chi connectivity index (χ4v) is 1.26. The SMILES string of the molecule is Cc1c(Cl)c[n+](C)cc1Cl. The van der Waals surface area contributed by atoms with Gasteiger partial charge < -0.3 is 0 Å². The van der Waals surface area contributed by atoms with Crippen molar-refractivity contribution < 1.29 is 4.57 Å². The van der Waals surface area contributed by atoms with Crippen LogP contribution in [0.2, 0.25) is 10.0 Å². The molecule has 0 amide bonds. The van der Waals surface area contributed by atoms with E-state index in [1.165, 1.54) is 0 Å². The van der Waals surface area contributed by atoms with Crippen LogP contribution in [-0.2, 0) is 7.05 Å². The van der Waals surface area contributed by atoms with E-state index in [-0.39, 0.29) is 0 Å². The van der Waals surface area contributed by atoms with Crippen molar-refractivity contribution in [2.45, 2.75) is 6.92 Å². The summed E-state index contributed by atoms with van der Waals surface area (Å²) in [7, 11) is 1.89. The first-order valence-electron chi connectivity index (χ1n) is 2.92. The van der Waals surface area contributed by atoms with Crippen LogP contribution in [0.3, 0.4) is 0 Å². The molecule has 10 heavy (non-hydrogen) atoms. The van der Waals surface area contributed by atoms with Gasteiger partial charge in [0.2, 0.25) is 0 Å². The molecule has 1 nitrogen and oxygen atoms in total. The van der Waals surface area contributed by atoms with Crippen LogP contribution in [0, 0.1) is 6.92 Å². The largest absolute Gasteiger partial charge is 0.205 e. The lowest BCUT2D eigenvalue weighted by molar-refractivity contribution is -0.671. The fourth-order valence-electron chi connectivity index (χ4n) is 0.703. The highest BCUT2D eigenvalue weighted by atomic mass is 35.5. The third-order valence-electron chi connectivity index (χ3n) is 1.35. The van der Waals surface area contributed by atoms with Crippen molar-refractivity contribution in [1.82, 2.24) is 0 Å². The summed E-state index contributed by atoms with van der Waals surface area (Å²) in [5, 5.41) is 1.41. The molecule has 0 aromatic carbocycles. The summed E-state index contributed by atoms with van der Waals surface area (Å²) in [6.07, 6.45) is 3.64. The minimum atomic E-state index is 0.704. The lowest BCUT2D eigenvalue weighted by Crippen LogP contribution is -2.26. The molecule has 1 heterocycles. The third kappa shape index (κ3) is 1.41. The molecule has 0 radical (unpaired) electrons. The molecule has 1 aromatic rings. The smallest absolute Gasteiger partial charge is 0.187 e. The average Bonchev–Trinajstić information content (AvgIpc) is 1.82. The third-order valence-corrected chi connectivity index (χ3v) is 2.11.